The third-order valence-corrected chi connectivity index (χ3v) is 10.3. The maximum atomic E-state index is 14.1. The first-order valence-corrected chi connectivity index (χ1v) is 14.3. The van der Waals surface area contributed by atoms with Crippen molar-refractivity contribution in [1.82, 2.24) is 0 Å². The number of allylic oxidation sites excluding steroid dienone is 1. The quantitative estimate of drug-likeness (QED) is 0.211. The summed E-state index contributed by atoms with van der Waals surface area (Å²) in [4.78, 5) is 54.1. The predicted octanol–water partition coefficient (Wildman–Crippen LogP) is 4.71. The second-order valence-electron chi connectivity index (χ2n) is 12.3. The number of ether oxygens (including phenoxy) is 3. The summed E-state index contributed by atoms with van der Waals surface area (Å²) in [5, 5.41) is 21.5. The molecule has 11 nitrogen and oxygen atoms in total. The minimum absolute atomic E-state index is 0.0475. The van der Waals surface area contributed by atoms with Crippen molar-refractivity contribution in [3.05, 3.63) is 51.6 Å². The van der Waals surface area contributed by atoms with Crippen LogP contribution in [0.3, 0.4) is 0 Å². The molecule has 0 heterocycles. The van der Waals surface area contributed by atoms with Gasteiger partial charge in [-0.1, -0.05) is 31.6 Å². The van der Waals surface area contributed by atoms with E-state index >= 15 is 0 Å². The van der Waals surface area contributed by atoms with Crippen molar-refractivity contribution in [3.63, 3.8) is 0 Å². The highest BCUT2D eigenvalue weighted by Crippen LogP contribution is 2.68. The number of nitrogens with zero attached hydrogens (tertiary/aromatic N) is 1. The van der Waals surface area contributed by atoms with Crippen LogP contribution in [0.5, 0.6) is 5.75 Å². The normalized spacial score (nSPS) is 35.7. The lowest BCUT2D eigenvalue weighted by Crippen LogP contribution is -2.63. The lowest BCUT2D eigenvalue weighted by atomic mass is 9.45. The molecule has 0 aromatic heterocycles. The fourth-order valence-electron chi connectivity index (χ4n) is 8.53. The molecule has 0 saturated heterocycles. The first-order valence-electron chi connectivity index (χ1n) is 14.3. The number of hydrogen-bond donors (Lipinski definition) is 1. The smallest absolute Gasteiger partial charge is 0.435 e. The highest BCUT2D eigenvalue weighted by Gasteiger charge is 2.71. The molecule has 0 aliphatic heterocycles. The molecule has 4 aliphatic carbocycles. The van der Waals surface area contributed by atoms with E-state index in [4.69, 9.17) is 14.2 Å². The molecule has 1 aromatic carbocycles. The van der Waals surface area contributed by atoms with Crippen LogP contribution in [0.4, 0.5) is 4.79 Å². The van der Waals surface area contributed by atoms with Crippen LogP contribution in [0, 0.1) is 38.7 Å². The number of ketones is 1. The zero-order valence-corrected chi connectivity index (χ0v) is 23.6. The van der Waals surface area contributed by atoms with Gasteiger partial charge in [0.05, 0.1) is 12.7 Å². The van der Waals surface area contributed by atoms with Gasteiger partial charge >= 0.3 is 12.1 Å². The van der Waals surface area contributed by atoms with E-state index in [0.717, 1.165) is 18.4 Å². The van der Waals surface area contributed by atoms with Gasteiger partial charge in [0.1, 0.15) is 12.4 Å². The highest BCUT2D eigenvalue weighted by molar-refractivity contribution is 5.91. The molecule has 0 amide bonds. The molecule has 5 rings (SSSR count). The molecule has 0 spiro atoms. The number of benzene rings is 1. The van der Waals surface area contributed by atoms with Crippen molar-refractivity contribution in [1.29, 1.82) is 0 Å². The molecule has 3 saturated carbocycles. The van der Waals surface area contributed by atoms with E-state index in [0.29, 0.717) is 24.8 Å². The van der Waals surface area contributed by atoms with Crippen molar-refractivity contribution in [2.75, 3.05) is 6.61 Å². The minimum Gasteiger partial charge on any atom is -0.435 e. The molecule has 0 bridgehead atoms. The molecule has 1 N–H and O–H groups in total. The van der Waals surface area contributed by atoms with Crippen LogP contribution in [0.25, 0.3) is 0 Å². The van der Waals surface area contributed by atoms with Crippen LogP contribution in [0.15, 0.2) is 35.9 Å². The van der Waals surface area contributed by atoms with Crippen molar-refractivity contribution in [3.8, 4) is 5.75 Å². The Morgan fingerprint density at radius 2 is 1.95 bits per heavy atom. The first kappa shape index (κ1) is 29.0. The van der Waals surface area contributed by atoms with E-state index in [9.17, 15) is 29.6 Å². The average molecular weight is 572 g/mol. The second kappa shape index (κ2) is 10.7. The van der Waals surface area contributed by atoms with Crippen molar-refractivity contribution >= 4 is 17.9 Å². The monoisotopic (exact) mass is 571 g/mol. The molecule has 7 atom stereocenters. The molecule has 222 valence electrons. The summed E-state index contributed by atoms with van der Waals surface area (Å²) in [6.07, 6.45) is 3.63. The summed E-state index contributed by atoms with van der Waals surface area (Å²) >= 11 is 0. The lowest BCUT2D eigenvalue weighted by molar-refractivity contribution is -0.763. The number of aliphatic hydroxyl groups excluding tert-OH is 1. The number of fused-ring (bicyclic) bond motifs is 5. The number of hydrogen-bond acceptors (Lipinski definition) is 10. The van der Waals surface area contributed by atoms with Crippen LogP contribution in [0.1, 0.15) is 71.3 Å². The van der Waals surface area contributed by atoms with Gasteiger partial charge in [0.2, 0.25) is 5.60 Å². The number of esters is 1. The Hall–Kier alpha value is -3.47. The maximum absolute atomic E-state index is 14.1. The Kier molecular flexibility index (Phi) is 7.61. The average Bonchev–Trinajstić information content (AvgIpc) is 3.20. The van der Waals surface area contributed by atoms with Gasteiger partial charge in [0.25, 0.3) is 5.09 Å². The summed E-state index contributed by atoms with van der Waals surface area (Å²) in [5.74, 6) is -0.596. The minimum atomic E-state index is -1.72. The summed E-state index contributed by atoms with van der Waals surface area (Å²) < 4.78 is 16.8. The van der Waals surface area contributed by atoms with Crippen LogP contribution >= 0.6 is 0 Å². The zero-order chi connectivity index (χ0) is 29.6. The van der Waals surface area contributed by atoms with Crippen molar-refractivity contribution in [2.24, 2.45) is 28.6 Å². The van der Waals surface area contributed by atoms with Gasteiger partial charge < -0.3 is 24.2 Å². The van der Waals surface area contributed by atoms with Crippen LogP contribution < -0.4 is 4.74 Å². The van der Waals surface area contributed by atoms with E-state index in [1.54, 1.807) is 25.1 Å². The summed E-state index contributed by atoms with van der Waals surface area (Å²) in [6, 6.07) is 6.17. The van der Waals surface area contributed by atoms with Crippen molar-refractivity contribution < 1.29 is 43.6 Å². The van der Waals surface area contributed by atoms with Crippen LogP contribution in [-0.2, 0) is 30.5 Å². The summed E-state index contributed by atoms with van der Waals surface area (Å²) in [5.41, 5.74) is -1.46. The second-order valence-corrected chi connectivity index (χ2v) is 12.3. The lowest BCUT2D eigenvalue weighted by Gasteiger charge is -2.60. The molecule has 3 fully saturated rings. The van der Waals surface area contributed by atoms with E-state index < -0.39 is 34.3 Å². The molecule has 4 aliphatic rings. The van der Waals surface area contributed by atoms with Gasteiger partial charge in [-0.2, -0.15) is 0 Å². The van der Waals surface area contributed by atoms with E-state index in [-0.39, 0.29) is 60.8 Å². The van der Waals surface area contributed by atoms with E-state index in [1.165, 1.54) is 12.1 Å². The summed E-state index contributed by atoms with van der Waals surface area (Å²) in [7, 11) is 0. The van der Waals surface area contributed by atoms with Crippen LogP contribution in [-0.4, -0.2) is 46.4 Å². The molecule has 11 heteroatoms. The third-order valence-electron chi connectivity index (χ3n) is 10.3. The number of carbonyl (C=O) groups excluding carboxylic acids is 3. The fourth-order valence-corrected chi connectivity index (χ4v) is 8.53. The standard InChI is InChI=1S/C30H37NO10/c1-4-38-27(35)41-30(26(34)40-21-7-5-6-18(14-21)17-39-31(36)37)13-11-23-22-9-8-19-15-20(32)10-12-28(19,2)25(22)24(33)16-29(23,30)3/h5-7,14-15,22-25,33H,4,8-13,16-17H2,1-3H3. The fraction of sp³-hybridized carbons (Fsp3) is 0.633. The van der Waals surface area contributed by atoms with Gasteiger partial charge in [0.15, 0.2) is 5.78 Å². The molecule has 7 unspecified atom stereocenters. The molecule has 1 aromatic rings. The maximum Gasteiger partial charge on any atom is 0.509 e. The van der Waals surface area contributed by atoms with Crippen LogP contribution in [0.2, 0.25) is 0 Å². The Labute approximate surface area is 238 Å². The SMILES string of the molecule is CCOC(=O)OC1(C(=O)Oc2cccc(CO[N+](=O)[O-])c2)CCC2C3CCC4=CC(=O)CCC4(C)C3C(O)CC21C. The zero-order valence-electron chi connectivity index (χ0n) is 23.6. The number of carbonyl (C=O) groups is 3. The van der Waals surface area contributed by atoms with Crippen molar-refractivity contribution in [2.45, 2.75) is 84.0 Å². The summed E-state index contributed by atoms with van der Waals surface area (Å²) in [6.45, 7) is 5.42. The Bertz CT molecular complexity index is 1280. The highest BCUT2D eigenvalue weighted by atomic mass is 16.9. The van der Waals surface area contributed by atoms with Gasteiger partial charge in [-0.15, -0.1) is 10.1 Å². The number of rotatable bonds is 7. The molecular weight excluding hydrogens is 534 g/mol. The Morgan fingerprint density at radius 1 is 1.17 bits per heavy atom. The van der Waals surface area contributed by atoms with Gasteiger partial charge in [-0.3, -0.25) is 4.79 Å². The largest absolute Gasteiger partial charge is 0.509 e. The molecular formula is C30H37NO10. The van der Waals surface area contributed by atoms with E-state index in [2.05, 4.69) is 11.8 Å². The first-order chi connectivity index (χ1) is 19.4. The predicted molar refractivity (Wildman–Crippen MR) is 143 cm³/mol. The number of aliphatic hydroxyl groups is 1. The Morgan fingerprint density at radius 3 is 2.68 bits per heavy atom. The van der Waals surface area contributed by atoms with Gasteiger partial charge in [-0.05, 0) is 92.4 Å². The Balaban J connectivity index is 1.48. The third kappa shape index (κ3) is 4.87. The molecule has 0 radical (unpaired) electrons. The molecule has 41 heavy (non-hydrogen) atoms. The topological polar surface area (TPSA) is 152 Å². The van der Waals surface area contributed by atoms with Gasteiger partial charge in [0, 0.05) is 11.8 Å². The van der Waals surface area contributed by atoms with Gasteiger partial charge in [-0.25, -0.2) is 9.59 Å². The van der Waals surface area contributed by atoms with E-state index in [1.807, 2.05) is 6.92 Å².